The van der Waals surface area contributed by atoms with Gasteiger partial charge in [0, 0.05) is 9.50 Å². The maximum Gasteiger partial charge on any atom is 0.338 e. The van der Waals surface area contributed by atoms with Crippen LogP contribution < -0.4 is 10.1 Å². The molecule has 2 aromatic rings. The van der Waals surface area contributed by atoms with Crippen molar-refractivity contribution in [2.45, 2.75) is 13.0 Å². The minimum Gasteiger partial charge on any atom is -0.495 e. The molecule has 0 saturated carbocycles. The Kier molecular flexibility index (Phi) is 6.23. The van der Waals surface area contributed by atoms with E-state index in [-0.39, 0.29) is 0 Å². The number of rotatable bonds is 5. The molecular formula is C17H15BrClNO4. The summed E-state index contributed by atoms with van der Waals surface area (Å²) in [6.45, 7) is 1.49. The number of nitrogens with one attached hydrogen (secondary N) is 1. The third-order valence-corrected chi connectivity index (χ3v) is 3.92. The van der Waals surface area contributed by atoms with Crippen molar-refractivity contribution in [3.8, 4) is 5.75 Å². The second-order valence-electron chi connectivity index (χ2n) is 4.89. The zero-order valence-electron chi connectivity index (χ0n) is 13.0. The number of halogens is 2. The maximum atomic E-state index is 12.2. The van der Waals surface area contributed by atoms with Gasteiger partial charge in [-0.05, 0) is 49.4 Å². The standard InChI is InChI=1S/C17H15BrClNO4/c1-10(24-17(22)11-3-5-12(18)6-4-11)16(21)20-14-9-13(19)7-8-15(14)23-2/h3-10H,1-2H3,(H,20,21)/t10-/m1/s1. The molecule has 0 aliphatic carbocycles. The predicted molar refractivity (Wildman–Crippen MR) is 95.7 cm³/mol. The van der Waals surface area contributed by atoms with Crippen molar-refractivity contribution in [1.82, 2.24) is 0 Å². The number of hydrogen-bond donors (Lipinski definition) is 1. The molecule has 0 bridgehead atoms. The van der Waals surface area contributed by atoms with Gasteiger partial charge < -0.3 is 14.8 Å². The first-order chi connectivity index (χ1) is 11.4. The van der Waals surface area contributed by atoms with Gasteiger partial charge in [-0.15, -0.1) is 0 Å². The number of carbonyl (C=O) groups excluding carboxylic acids is 2. The van der Waals surface area contributed by atoms with E-state index in [2.05, 4.69) is 21.2 Å². The van der Waals surface area contributed by atoms with Gasteiger partial charge in [0.05, 0.1) is 18.4 Å². The topological polar surface area (TPSA) is 64.6 Å². The first-order valence-corrected chi connectivity index (χ1v) is 8.18. The van der Waals surface area contributed by atoms with E-state index in [4.69, 9.17) is 21.1 Å². The van der Waals surface area contributed by atoms with E-state index in [1.54, 1.807) is 42.5 Å². The van der Waals surface area contributed by atoms with Gasteiger partial charge in [-0.2, -0.15) is 0 Å². The van der Waals surface area contributed by atoms with Crippen LogP contribution >= 0.6 is 27.5 Å². The lowest BCUT2D eigenvalue weighted by Crippen LogP contribution is -2.30. The highest BCUT2D eigenvalue weighted by Gasteiger charge is 2.20. The zero-order valence-corrected chi connectivity index (χ0v) is 15.3. The monoisotopic (exact) mass is 411 g/mol. The molecule has 0 spiro atoms. The van der Waals surface area contributed by atoms with Crippen LogP contribution in [0.4, 0.5) is 5.69 Å². The van der Waals surface area contributed by atoms with Crippen LogP contribution in [-0.4, -0.2) is 25.1 Å². The molecule has 0 saturated heterocycles. The van der Waals surface area contributed by atoms with Crippen LogP contribution in [0.15, 0.2) is 46.9 Å². The first kappa shape index (κ1) is 18.3. The fraction of sp³-hybridized carbons (Fsp3) is 0.176. The maximum absolute atomic E-state index is 12.2. The van der Waals surface area contributed by atoms with Gasteiger partial charge in [0.2, 0.25) is 0 Å². The summed E-state index contributed by atoms with van der Waals surface area (Å²) in [6.07, 6.45) is -0.982. The van der Waals surface area contributed by atoms with Crippen LogP contribution in [0.25, 0.3) is 0 Å². The molecule has 2 rings (SSSR count). The summed E-state index contributed by atoms with van der Waals surface area (Å²) >= 11 is 9.20. The van der Waals surface area contributed by atoms with Crippen molar-refractivity contribution in [2.75, 3.05) is 12.4 Å². The molecule has 1 N–H and O–H groups in total. The van der Waals surface area contributed by atoms with Crippen LogP contribution in [-0.2, 0) is 9.53 Å². The van der Waals surface area contributed by atoms with E-state index in [9.17, 15) is 9.59 Å². The second-order valence-corrected chi connectivity index (χ2v) is 6.24. The van der Waals surface area contributed by atoms with Crippen molar-refractivity contribution in [1.29, 1.82) is 0 Å². The molecular weight excluding hydrogens is 398 g/mol. The molecule has 126 valence electrons. The molecule has 0 fully saturated rings. The van der Waals surface area contributed by atoms with Gasteiger partial charge in [0.15, 0.2) is 6.10 Å². The third kappa shape index (κ3) is 4.72. The Hall–Kier alpha value is -2.05. The molecule has 0 aromatic heterocycles. The zero-order chi connectivity index (χ0) is 17.7. The van der Waals surface area contributed by atoms with E-state index in [1.165, 1.54) is 14.0 Å². The van der Waals surface area contributed by atoms with Gasteiger partial charge in [-0.3, -0.25) is 4.79 Å². The molecule has 0 radical (unpaired) electrons. The van der Waals surface area contributed by atoms with Gasteiger partial charge >= 0.3 is 5.97 Å². The van der Waals surface area contributed by atoms with E-state index in [0.717, 1.165) is 4.47 Å². The average Bonchev–Trinajstić information content (AvgIpc) is 2.55. The summed E-state index contributed by atoms with van der Waals surface area (Å²) in [4.78, 5) is 24.3. The highest BCUT2D eigenvalue weighted by molar-refractivity contribution is 9.10. The van der Waals surface area contributed by atoms with Crippen LogP contribution in [0.3, 0.4) is 0 Å². The Morgan fingerprint density at radius 1 is 1.17 bits per heavy atom. The second kappa shape index (κ2) is 8.17. The molecule has 5 nitrogen and oxygen atoms in total. The molecule has 2 aromatic carbocycles. The van der Waals surface area contributed by atoms with Crippen LogP contribution in [0.5, 0.6) is 5.75 Å². The molecule has 1 amide bonds. The number of ether oxygens (including phenoxy) is 2. The number of methoxy groups -OCH3 is 1. The number of carbonyl (C=O) groups is 2. The summed E-state index contributed by atoms with van der Waals surface area (Å²) in [5.74, 6) is -0.608. The lowest BCUT2D eigenvalue weighted by molar-refractivity contribution is -0.123. The average molecular weight is 413 g/mol. The fourth-order valence-corrected chi connectivity index (χ4v) is 2.32. The van der Waals surface area contributed by atoms with Crippen LogP contribution in [0, 0.1) is 0 Å². The highest BCUT2D eigenvalue weighted by atomic mass is 79.9. The number of amides is 1. The summed E-state index contributed by atoms with van der Waals surface area (Å²) in [6, 6.07) is 11.5. The Labute approximate surface area is 153 Å². The minimum atomic E-state index is -0.982. The quantitative estimate of drug-likeness (QED) is 0.744. The van der Waals surface area contributed by atoms with Crippen molar-refractivity contribution in [3.63, 3.8) is 0 Å². The van der Waals surface area contributed by atoms with Crippen molar-refractivity contribution in [3.05, 3.63) is 57.5 Å². The summed E-state index contributed by atoms with van der Waals surface area (Å²) in [5.41, 5.74) is 0.764. The van der Waals surface area contributed by atoms with Crippen LogP contribution in [0.2, 0.25) is 5.02 Å². The minimum absolute atomic E-state index is 0.359. The van der Waals surface area contributed by atoms with E-state index in [0.29, 0.717) is 22.0 Å². The first-order valence-electron chi connectivity index (χ1n) is 7.01. The number of esters is 1. The molecule has 24 heavy (non-hydrogen) atoms. The van der Waals surface area contributed by atoms with Crippen molar-refractivity contribution >= 4 is 45.1 Å². The molecule has 0 aliphatic rings. The van der Waals surface area contributed by atoms with Gasteiger partial charge in [-0.1, -0.05) is 27.5 Å². The number of hydrogen-bond acceptors (Lipinski definition) is 4. The predicted octanol–water partition coefficient (Wildman–Crippen LogP) is 4.30. The van der Waals surface area contributed by atoms with E-state index in [1.807, 2.05) is 0 Å². The van der Waals surface area contributed by atoms with Gasteiger partial charge in [0.25, 0.3) is 5.91 Å². The Morgan fingerprint density at radius 2 is 1.83 bits per heavy atom. The Bertz CT molecular complexity index is 749. The summed E-state index contributed by atoms with van der Waals surface area (Å²) in [5, 5.41) is 3.08. The summed E-state index contributed by atoms with van der Waals surface area (Å²) in [7, 11) is 1.48. The SMILES string of the molecule is COc1ccc(Cl)cc1NC(=O)[C@@H](C)OC(=O)c1ccc(Br)cc1. The third-order valence-electron chi connectivity index (χ3n) is 3.15. The summed E-state index contributed by atoms with van der Waals surface area (Å²) < 4.78 is 11.2. The Morgan fingerprint density at radius 3 is 2.46 bits per heavy atom. The van der Waals surface area contributed by atoms with Crippen molar-refractivity contribution in [2.24, 2.45) is 0 Å². The number of anilines is 1. The Balaban J connectivity index is 2.03. The lowest BCUT2D eigenvalue weighted by atomic mass is 10.2. The van der Waals surface area contributed by atoms with Crippen molar-refractivity contribution < 1.29 is 19.1 Å². The van der Waals surface area contributed by atoms with Gasteiger partial charge in [0.1, 0.15) is 5.75 Å². The van der Waals surface area contributed by atoms with E-state index < -0.39 is 18.0 Å². The smallest absolute Gasteiger partial charge is 0.338 e. The largest absolute Gasteiger partial charge is 0.495 e. The molecule has 0 heterocycles. The van der Waals surface area contributed by atoms with Crippen LogP contribution in [0.1, 0.15) is 17.3 Å². The molecule has 0 aliphatic heterocycles. The molecule has 1 atom stereocenters. The number of benzene rings is 2. The van der Waals surface area contributed by atoms with Gasteiger partial charge in [-0.25, -0.2) is 4.79 Å². The fourth-order valence-electron chi connectivity index (χ4n) is 1.88. The lowest BCUT2D eigenvalue weighted by Gasteiger charge is -2.15. The molecule has 0 unspecified atom stereocenters. The normalized spacial score (nSPS) is 11.5. The van der Waals surface area contributed by atoms with E-state index >= 15 is 0 Å². The highest BCUT2D eigenvalue weighted by Crippen LogP contribution is 2.27. The molecule has 7 heteroatoms.